The summed E-state index contributed by atoms with van der Waals surface area (Å²) in [6, 6.07) is -0.140. The van der Waals surface area contributed by atoms with E-state index in [1.807, 2.05) is 6.92 Å². The number of thiazole rings is 1. The van der Waals surface area contributed by atoms with Crippen molar-refractivity contribution < 1.29 is 4.79 Å². The van der Waals surface area contributed by atoms with E-state index in [0.717, 1.165) is 18.0 Å². The molecule has 2 aromatic heterocycles. The van der Waals surface area contributed by atoms with Gasteiger partial charge in [0.2, 0.25) is 0 Å². The van der Waals surface area contributed by atoms with Crippen LogP contribution in [0.1, 0.15) is 34.9 Å². The van der Waals surface area contributed by atoms with Crippen LogP contribution < -0.4 is 11.1 Å². The number of aromatic nitrogens is 4. The molecule has 2 aromatic rings. The van der Waals surface area contributed by atoms with E-state index in [1.165, 1.54) is 11.3 Å². The lowest BCUT2D eigenvalue weighted by molar-refractivity contribution is 0.0948. The summed E-state index contributed by atoms with van der Waals surface area (Å²) in [7, 11) is 0. The van der Waals surface area contributed by atoms with Gasteiger partial charge in [-0.15, -0.1) is 16.4 Å². The molecular weight excluding hydrogens is 264 g/mol. The molecule has 1 atom stereocenters. The molecule has 0 aliphatic carbocycles. The van der Waals surface area contributed by atoms with Gasteiger partial charge >= 0.3 is 0 Å². The van der Waals surface area contributed by atoms with Crippen molar-refractivity contribution in [2.75, 3.05) is 6.54 Å². The molecule has 0 radical (unpaired) electrons. The molecule has 7 nitrogen and oxygen atoms in total. The second-order valence-electron chi connectivity index (χ2n) is 4.14. The number of carbonyl (C=O) groups excluding carboxylic acids is 1. The van der Waals surface area contributed by atoms with Crippen LogP contribution in [0.15, 0.2) is 17.8 Å². The number of nitrogens with one attached hydrogen (secondary N) is 1. The second-order valence-corrected chi connectivity index (χ2v) is 5.02. The SMILES string of the molecule is CC(N)c1nc(C(=O)NCCCn2ccnn2)cs1. The molecule has 0 aromatic carbocycles. The van der Waals surface area contributed by atoms with Gasteiger partial charge in [0.25, 0.3) is 5.91 Å². The molecule has 0 aliphatic rings. The Hall–Kier alpha value is -1.80. The molecule has 2 rings (SSSR count). The predicted molar refractivity (Wildman–Crippen MR) is 71.7 cm³/mol. The number of hydrogen-bond acceptors (Lipinski definition) is 6. The first-order valence-electron chi connectivity index (χ1n) is 6.00. The Morgan fingerprint density at radius 1 is 1.63 bits per heavy atom. The highest BCUT2D eigenvalue weighted by Gasteiger charge is 2.11. The van der Waals surface area contributed by atoms with Gasteiger partial charge in [-0.2, -0.15) is 0 Å². The quantitative estimate of drug-likeness (QED) is 0.754. The minimum absolute atomic E-state index is 0.140. The summed E-state index contributed by atoms with van der Waals surface area (Å²) in [5, 5.41) is 12.9. The molecule has 0 fully saturated rings. The first-order chi connectivity index (χ1) is 9.16. The van der Waals surface area contributed by atoms with Gasteiger partial charge in [-0.1, -0.05) is 5.21 Å². The smallest absolute Gasteiger partial charge is 0.270 e. The Morgan fingerprint density at radius 2 is 2.47 bits per heavy atom. The second kappa shape index (κ2) is 6.39. The van der Waals surface area contributed by atoms with E-state index in [-0.39, 0.29) is 11.9 Å². The maximum atomic E-state index is 11.8. The number of carbonyl (C=O) groups is 1. The number of hydrogen-bond donors (Lipinski definition) is 2. The van der Waals surface area contributed by atoms with Gasteiger partial charge in [0.15, 0.2) is 0 Å². The molecule has 3 N–H and O–H groups in total. The van der Waals surface area contributed by atoms with Gasteiger partial charge < -0.3 is 11.1 Å². The van der Waals surface area contributed by atoms with Crippen LogP contribution in [0.2, 0.25) is 0 Å². The highest BCUT2D eigenvalue weighted by Crippen LogP contribution is 2.15. The zero-order valence-electron chi connectivity index (χ0n) is 10.6. The summed E-state index contributed by atoms with van der Waals surface area (Å²) in [6.07, 6.45) is 4.21. The van der Waals surface area contributed by atoms with Crippen molar-refractivity contribution in [1.82, 2.24) is 25.3 Å². The van der Waals surface area contributed by atoms with E-state index < -0.39 is 0 Å². The molecule has 0 aliphatic heterocycles. The number of rotatable bonds is 6. The van der Waals surface area contributed by atoms with Crippen LogP contribution in [-0.2, 0) is 6.54 Å². The van der Waals surface area contributed by atoms with Crippen molar-refractivity contribution in [2.24, 2.45) is 5.73 Å². The summed E-state index contributed by atoms with van der Waals surface area (Å²) in [6.45, 7) is 3.14. The molecule has 19 heavy (non-hydrogen) atoms. The third-order valence-electron chi connectivity index (χ3n) is 2.47. The average molecular weight is 280 g/mol. The van der Waals surface area contributed by atoms with Crippen LogP contribution in [0, 0.1) is 0 Å². The van der Waals surface area contributed by atoms with Crippen molar-refractivity contribution in [2.45, 2.75) is 25.9 Å². The molecule has 1 unspecified atom stereocenters. The molecule has 2 heterocycles. The lowest BCUT2D eigenvalue weighted by atomic mass is 10.3. The zero-order chi connectivity index (χ0) is 13.7. The van der Waals surface area contributed by atoms with E-state index in [1.54, 1.807) is 22.5 Å². The minimum atomic E-state index is -0.165. The van der Waals surface area contributed by atoms with Crippen molar-refractivity contribution in [3.05, 3.63) is 28.5 Å². The molecule has 8 heteroatoms. The van der Waals surface area contributed by atoms with E-state index in [2.05, 4.69) is 20.6 Å². The molecule has 102 valence electrons. The molecular formula is C11H16N6OS. The normalized spacial score (nSPS) is 12.3. The average Bonchev–Trinajstić information content (AvgIpc) is 3.05. The van der Waals surface area contributed by atoms with Crippen LogP contribution in [0.3, 0.4) is 0 Å². The van der Waals surface area contributed by atoms with Gasteiger partial charge in [0.05, 0.1) is 12.2 Å². The van der Waals surface area contributed by atoms with Crippen molar-refractivity contribution in [3.8, 4) is 0 Å². The largest absolute Gasteiger partial charge is 0.351 e. The summed E-state index contributed by atoms with van der Waals surface area (Å²) < 4.78 is 1.73. The number of aryl methyl sites for hydroxylation is 1. The maximum Gasteiger partial charge on any atom is 0.270 e. The van der Waals surface area contributed by atoms with Crippen molar-refractivity contribution >= 4 is 17.2 Å². The standard InChI is InChI=1S/C11H16N6OS/c1-8(12)11-15-9(7-19-11)10(18)13-3-2-5-17-6-4-14-16-17/h4,6-8H,2-3,5,12H2,1H3,(H,13,18). The third-order valence-corrected chi connectivity index (χ3v) is 3.51. The fourth-order valence-corrected chi connectivity index (χ4v) is 2.24. The van der Waals surface area contributed by atoms with Crippen LogP contribution >= 0.6 is 11.3 Å². The number of nitrogens with two attached hydrogens (primary N) is 1. The van der Waals surface area contributed by atoms with Gasteiger partial charge in [0.1, 0.15) is 10.7 Å². The minimum Gasteiger partial charge on any atom is -0.351 e. The third kappa shape index (κ3) is 3.83. The molecule has 1 amide bonds. The first kappa shape index (κ1) is 13.6. The monoisotopic (exact) mass is 280 g/mol. The van der Waals surface area contributed by atoms with Crippen molar-refractivity contribution in [1.29, 1.82) is 0 Å². The van der Waals surface area contributed by atoms with Crippen LogP contribution in [0.25, 0.3) is 0 Å². The van der Waals surface area contributed by atoms with Gasteiger partial charge in [-0.05, 0) is 13.3 Å². The Balaban J connectivity index is 1.74. The summed E-state index contributed by atoms with van der Waals surface area (Å²) in [5.74, 6) is -0.165. The predicted octanol–water partition coefficient (Wildman–Crippen LogP) is 0.574. The van der Waals surface area contributed by atoms with E-state index in [9.17, 15) is 4.79 Å². The molecule has 0 saturated carbocycles. The highest BCUT2D eigenvalue weighted by atomic mass is 32.1. The van der Waals surface area contributed by atoms with Crippen molar-refractivity contribution in [3.63, 3.8) is 0 Å². The number of amides is 1. The van der Waals surface area contributed by atoms with Crippen LogP contribution in [0.5, 0.6) is 0 Å². The van der Waals surface area contributed by atoms with Gasteiger partial charge in [0, 0.05) is 24.7 Å². The molecule has 0 saturated heterocycles. The zero-order valence-corrected chi connectivity index (χ0v) is 11.4. The fraction of sp³-hybridized carbons (Fsp3) is 0.455. The Labute approximate surface area is 114 Å². The summed E-state index contributed by atoms with van der Waals surface area (Å²) >= 11 is 1.40. The summed E-state index contributed by atoms with van der Waals surface area (Å²) in [5.41, 5.74) is 6.13. The Kier molecular flexibility index (Phi) is 4.58. The van der Waals surface area contributed by atoms with Crippen LogP contribution in [-0.4, -0.2) is 32.4 Å². The highest BCUT2D eigenvalue weighted by molar-refractivity contribution is 7.09. The van der Waals surface area contributed by atoms with E-state index in [4.69, 9.17) is 5.73 Å². The topological polar surface area (TPSA) is 98.7 Å². The van der Waals surface area contributed by atoms with Crippen LogP contribution in [0.4, 0.5) is 0 Å². The van der Waals surface area contributed by atoms with Gasteiger partial charge in [-0.3, -0.25) is 9.48 Å². The lowest BCUT2D eigenvalue weighted by Crippen LogP contribution is -2.25. The maximum absolute atomic E-state index is 11.8. The summed E-state index contributed by atoms with van der Waals surface area (Å²) in [4.78, 5) is 16.0. The number of nitrogens with zero attached hydrogens (tertiary/aromatic N) is 4. The Bertz CT molecular complexity index is 521. The molecule has 0 bridgehead atoms. The van der Waals surface area contributed by atoms with E-state index >= 15 is 0 Å². The fourth-order valence-electron chi connectivity index (χ4n) is 1.49. The van der Waals surface area contributed by atoms with Gasteiger partial charge in [-0.25, -0.2) is 4.98 Å². The Morgan fingerprint density at radius 3 is 3.11 bits per heavy atom. The molecule has 0 spiro atoms. The lowest BCUT2D eigenvalue weighted by Gasteiger charge is -2.03. The first-order valence-corrected chi connectivity index (χ1v) is 6.88. The van der Waals surface area contributed by atoms with E-state index in [0.29, 0.717) is 12.2 Å².